The fourth-order valence-corrected chi connectivity index (χ4v) is 2.90. The molecule has 0 aliphatic carbocycles. The molecule has 0 saturated carbocycles. The van der Waals surface area contributed by atoms with Crippen LogP contribution < -0.4 is 29.0 Å². The molecule has 0 bridgehead atoms. The van der Waals surface area contributed by atoms with Gasteiger partial charge in [0.15, 0.2) is 23.0 Å². The van der Waals surface area contributed by atoms with Crippen molar-refractivity contribution in [3.05, 3.63) is 41.5 Å². The van der Waals surface area contributed by atoms with Gasteiger partial charge in [0.05, 0.1) is 48.0 Å². The summed E-state index contributed by atoms with van der Waals surface area (Å²) in [4.78, 5) is 12.5. The van der Waals surface area contributed by atoms with Crippen LogP contribution in [0, 0.1) is 0 Å². The maximum Gasteiger partial charge on any atom is 0.224 e. The van der Waals surface area contributed by atoms with Crippen molar-refractivity contribution < 1.29 is 28.5 Å². The molecule has 0 aliphatic rings. The number of amides is 1. The number of benzene rings is 2. The van der Waals surface area contributed by atoms with Gasteiger partial charge in [-0.1, -0.05) is 6.07 Å². The molecular formula is C21H27NO6. The van der Waals surface area contributed by atoms with Crippen LogP contribution in [-0.4, -0.2) is 41.5 Å². The monoisotopic (exact) mass is 389 g/mol. The third kappa shape index (κ3) is 4.79. The van der Waals surface area contributed by atoms with E-state index in [0.29, 0.717) is 28.7 Å². The van der Waals surface area contributed by atoms with E-state index in [-0.39, 0.29) is 18.4 Å². The minimum absolute atomic E-state index is 0.117. The molecule has 2 aromatic carbocycles. The Balaban J connectivity index is 2.14. The number of nitrogens with one attached hydrogen (secondary N) is 1. The van der Waals surface area contributed by atoms with Crippen LogP contribution in [0.2, 0.25) is 0 Å². The van der Waals surface area contributed by atoms with Crippen LogP contribution in [0.5, 0.6) is 28.7 Å². The number of methoxy groups -OCH3 is 5. The Morgan fingerprint density at radius 2 is 1.39 bits per heavy atom. The summed E-state index contributed by atoms with van der Waals surface area (Å²) in [6.07, 6.45) is 0.217. The van der Waals surface area contributed by atoms with Crippen LogP contribution >= 0.6 is 0 Å². The van der Waals surface area contributed by atoms with E-state index >= 15 is 0 Å². The van der Waals surface area contributed by atoms with Crippen LogP contribution in [0.25, 0.3) is 0 Å². The molecule has 2 aromatic rings. The van der Waals surface area contributed by atoms with Crippen LogP contribution in [0.3, 0.4) is 0 Å². The van der Waals surface area contributed by atoms with Gasteiger partial charge in [0.25, 0.3) is 0 Å². The predicted molar refractivity (Wildman–Crippen MR) is 106 cm³/mol. The van der Waals surface area contributed by atoms with Gasteiger partial charge in [0, 0.05) is 0 Å². The second-order valence-electron chi connectivity index (χ2n) is 6.11. The van der Waals surface area contributed by atoms with Gasteiger partial charge in [0.2, 0.25) is 11.7 Å². The molecule has 0 aromatic heterocycles. The average molecular weight is 389 g/mol. The molecular weight excluding hydrogens is 362 g/mol. The third-order valence-corrected chi connectivity index (χ3v) is 4.38. The van der Waals surface area contributed by atoms with Gasteiger partial charge in [-0.05, 0) is 42.3 Å². The van der Waals surface area contributed by atoms with E-state index in [4.69, 9.17) is 23.7 Å². The molecule has 1 unspecified atom stereocenters. The van der Waals surface area contributed by atoms with Gasteiger partial charge >= 0.3 is 0 Å². The molecule has 0 saturated heterocycles. The number of hydrogen-bond donors (Lipinski definition) is 1. The molecule has 28 heavy (non-hydrogen) atoms. The standard InChI is InChI=1S/C21H27NO6/c1-13(15-11-18(26-4)21(28-6)19(12-15)27-5)22-20(23)10-14-7-8-16(24-2)17(9-14)25-3/h7-9,11-13H,10H2,1-6H3,(H,22,23). The second kappa shape index (κ2) is 9.73. The summed E-state index contributed by atoms with van der Waals surface area (Å²) in [5.74, 6) is 2.68. The zero-order valence-corrected chi connectivity index (χ0v) is 17.1. The quantitative estimate of drug-likeness (QED) is 0.710. The van der Waals surface area contributed by atoms with Gasteiger partial charge in [-0.3, -0.25) is 4.79 Å². The summed E-state index contributed by atoms with van der Waals surface area (Å²) in [5.41, 5.74) is 1.67. The normalized spacial score (nSPS) is 11.4. The summed E-state index contributed by atoms with van der Waals surface area (Å²) >= 11 is 0. The van der Waals surface area contributed by atoms with E-state index in [1.54, 1.807) is 47.7 Å². The van der Waals surface area contributed by atoms with Gasteiger partial charge in [0.1, 0.15) is 0 Å². The maximum absolute atomic E-state index is 12.5. The van der Waals surface area contributed by atoms with E-state index in [0.717, 1.165) is 11.1 Å². The first-order chi connectivity index (χ1) is 13.5. The topological polar surface area (TPSA) is 75.3 Å². The molecule has 0 aliphatic heterocycles. The lowest BCUT2D eigenvalue weighted by Gasteiger charge is -2.19. The SMILES string of the molecule is COc1ccc(CC(=O)NC(C)c2cc(OC)c(OC)c(OC)c2)cc1OC. The highest BCUT2D eigenvalue weighted by Gasteiger charge is 2.18. The summed E-state index contributed by atoms with van der Waals surface area (Å²) in [7, 11) is 7.80. The van der Waals surface area contributed by atoms with E-state index in [9.17, 15) is 4.79 Å². The first-order valence-corrected chi connectivity index (χ1v) is 8.77. The van der Waals surface area contributed by atoms with Crippen molar-refractivity contribution in [3.8, 4) is 28.7 Å². The highest BCUT2D eigenvalue weighted by Crippen LogP contribution is 2.39. The van der Waals surface area contributed by atoms with E-state index in [2.05, 4.69) is 5.32 Å². The molecule has 7 nitrogen and oxygen atoms in total. The Hall–Kier alpha value is -3.09. The number of ether oxygens (including phenoxy) is 5. The van der Waals surface area contributed by atoms with Crippen molar-refractivity contribution in [2.24, 2.45) is 0 Å². The first kappa shape index (κ1) is 21.2. The number of carbonyl (C=O) groups excluding carboxylic acids is 1. The summed E-state index contributed by atoms with van der Waals surface area (Å²) in [6.45, 7) is 1.90. The molecule has 0 heterocycles. The largest absolute Gasteiger partial charge is 0.493 e. The minimum atomic E-state index is -0.249. The molecule has 7 heteroatoms. The lowest BCUT2D eigenvalue weighted by Crippen LogP contribution is -2.28. The zero-order chi connectivity index (χ0) is 20.7. The van der Waals surface area contributed by atoms with E-state index < -0.39 is 0 Å². The van der Waals surface area contributed by atoms with Crippen molar-refractivity contribution >= 4 is 5.91 Å². The Labute approximate surface area is 165 Å². The third-order valence-electron chi connectivity index (χ3n) is 4.38. The number of hydrogen-bond acceptors (Lipinski definition) is 6. The molecule has 2 rings (SSSR count). The van der Waals surface area contributed by atoms with E-state index in [1.165, 1.54) is 0 Å². The molecule has 1 atom stereocenters. The summed E-state index contributed by atoms with van der Waals surface area (Å²) in [6, 6.07) is 8.81. The second-order valence-corrected chi connectivity index (χ2v) is 6.11. The smallest absolute Gasteiger partial charge is 0.224 e. The fraction of sp³-hybridized carbons (Fsp3) is 0.381. The number of rotatable bonds is 9. The van der Waals surface area contributed by atoms with Crippen molar-refractivity contribution in [1.82, 2.24) is 5.32 Å². The summed E-state index contributed by atoms with van der Waals surface area (Å²) in [5, 5.41) is 2.99. The van der Waals surface area contributed by atoms with Gasteiger partial charge < -0.3 is 29.0 Å². The average Bonchev–Trinajstić information content (AvgIpc) is 2.72. The Morgan fingerprint density at radius 1 is 0.821 bits per heavy atom. The van der Waals surface area contributed by atoms with Crippen molar-refractivity contribution in [3.63, 3.8) is 0 Å². The Kier molecular flexibility index (Phi) is 7.37. The van der Waals surface area contributed by atoms with Crippen LogP contribution in [0.15, 0.2) is 30.3 Å². The highest BCUT2D eigenvalue weighted by molar-refractivity contribution is 5.79. The molecule has 1 N–H and O–H groups in total. The molecule has 0 spiro atoms. The Morgan fingerprint density at radius 3 is 1.89 bits per heavy atom. The lowest BCUT2D eigenvalue weighted by molar-refractivity contribution is -0.121. The summed E-state index contributed by atoms with van der Waals surface area (Å²) < 4.78 is 26.6. The molecule has 152 valence electrons. The Bertz CT molecular complexity index is 796. The lowest BCUT2D eigenvalue weighted by atomic mass is 10.1. The van der Waals surface area contributed by atoms with Gasteiger partial charge in [-0.15, -0.1) is 0 Å². The minimum Gasteiger partial charge on any atom is -0.493 e. The van der Waals surface area contributed by atoms with E-state index in [1.807, 2.05) is 25.1 Å². The maximum atomic E-state index is 12.5. The highest BCUT2D eigenvalue weighted by atomic mass is 16.5. The molecule has 1 amide bonds. The molecule has 0 fully saturated rings. The van der Waals surface area contributed by atoms with Crippen molar-refractivity contribution in [2.45, 2.75) is 19.4 Å². The van der Waals surface area contributed by atoms with Gasteiger partial charge in [-0.25, -0.2) is 0 Å². The van der Waals surface area contributed by atoms with Crippen molar-refractivity contribution in [2.75, 3.05) is 35.5 Å². The molecule has 0 radical (unpaired) electrons. The fourth-order valence-electron chi connectivity index (χ4n) is 2.90. The number of carbonyl (C=O) groups is 1. The van der Waals surface area contributed by atoms with Crippen LogP contribution in [0.1, 0.15) is 24.1 Å². The van der Waals surface area contributed by atoms with Crippen LogP contribution in [0.4, 0.5) is 0 Å². The first-order valence-electron chi connectivity index (χ1n) is 8.77. The predicted octanol–water partition coefficient (Wildman–Crippen LogP) is 3.15. The van der Waals surface area contributed by atoms with Crippen LogP contribution in [-0.2, 0) is 11.2 Å². The van der Waals surface area contributed by atoms with Crippen molar-refractivity contribution in [1.29, 1.82) is 0 Å². The van der Waals surface area contributed by atoms with Gasteiger partial charge in [-0.2, -0.15) is 0 Å². The zero-order valence-electron chi connectivity index (χ0n) is 17.1.